The molecule has 0 amide bonds. The second-order valence-electron chi connectivity index (χ2n) is 8.03. The highest BCUT2D eigenvalue weighted by Crippen LogP contribution is 2.35. The highest BCUT2D eigenvalue weighted by Gasteiger charge is 2.26. The van der Waals surface area contributed by atoms with Crippen LogP contribution >= 0.6 is 15.9 Å². The van der Waals surface area contributed by atoms with E-state index in [2.05, 4.69) is 25.9 Å². The Labute approximate surface area is 199 Å². The van der Waals surface area contributed by atoms with Gasteiger partial charge in [-0.3, -0.25) is 4.57 Å². The Morgan fingerprint density at radius 2 is 2.21 bits per heavy atom. The minimum atomic E-state index is -0.162. The van der Waals surface area contributed by atoms with E-state index in [1.807, 2.05) is 29.1 Å². The van der Waals surface area contributed by atoms with Crippen molar-refractivity contribution in [2.45, 2.75) is 37.8 Å². The fourth-order valence-corrected chi connectivity index (χ4v) is 4.82. The largest absolute Gasteiger partial charge is 0.496 e. The summed E-state index contributed by atoms with van der Waals surface area (Å²) < 4.78 is 14.3. The van der Waals surface area contributed by atoms with Crippen molar-refractivity contribution in [1.82, 2.24) is 29.5 Å². The van der Waals surface area contributed by atoms with Gasteiger partial charge in [-0.1, -0.05) is 0 Å². The van der Waals surface area contributed by atoms with Crippen molar-refractivity contribution in [3.05, 3.63) is 53.0 Å². The van der Waals surface area contributed by atoms with Crippen LogP contribution in [-0.4, -0.2) is 49.7 Å². The maximum atomic E-state index is 6.05. The molecule has 1 fully saturated rings. The summed E-state index contributed by atoms with van der Waals surface area (Å²) in [4.78, 5) is 22.4. The van der Waals surface area contributed by atoms with Crippen molar-refractivity contribution >= 4 is 27.1 Å². The molecule has 0 bridgehead atoms. The summed E-state index contributed by atoms with van der Waals surface area (Å²) in [5.74, 6) is 2.04. The zero-order valence-electron chi connectivity index (χ0n) is 18.4. The molecule has 1 aliphatic rings. The van der Waals surface area contributed by atoms with Crippen LogP contribution in [0.2, 0.25) is 0 Å². The molecular formula is C23H26BrN7O2. The third kappa shape index (κ3) is 4.25. The molecule has 3 N–H and O–H groups in total. The lowest BCUT2D eigenvalue weighted by Crippen LogP contribution is -2.19. The number of fused-ring (bicyclic) bond motifs is 1. The number of hydrogen-bond donors (Lipinski definition) is 2. The first-order valence-electron chi connectivity index (χ1n) is 11.1. The van der Waals surface area contributed by atoms with Crippen LogP contribution in [0.25, 0.3) is 22.4 Å². The highest BCUT2D eigenvalue weighted by molar-refractivity contribution is 9.10. The second kappa shape index (κ2) is 9.58. The van der Waals surface area contributed by atoms with E-state index >= 15 is 0 Å². The van der Waals surface area contributed by atoms with Gasteiger partial charge in [0.15, 0.2) is 5.65 Å². The molecule has 4 aromatic rings. The van der Waals surface area contributed by atoms with Gasteiger partial charge in [-0.25, -0.2) is 19.9 Å². The van der Waals surface area contributed by atoms with Gasteiger partial charge in [0.05, 0.1) is 23.8 Å². The molecule has 2 atom stereocenters. The molecule has 3 aromatic heterocycles. The van der Waals surface area contributed by atoms with Crippen LogP contribution < -0.4 is 10.5 Å². The number of benzene rings is 1. The molecule has 1 aromatic carbocycles. The van der Waals surface area contributed by atoms with Crippen LogP contribution in [0.4, 0.5) is 0 Å². The summed E-state index contributed by atoms with van der Waals surface area (Å²) >= 11 is 3.59. The number of aromatic amines is 1. The van der Waals surface area contributed by atoms with Gasteiger partial charge in [-0.05, 0) is 66.4 Å². The third-order valence-electron chi connectivity index (χ3n) is 5.95. The molecule has 172 valence electrons. The van der Waals surface area contributed by atoms with Crippen molar-refractivity contribution in [2.75, 3.05) is 20.3 Å². The van der Waals surface area contributed by atoms with Crippen LogP contribution in [0, 0.1) is 0 Å². The van der Waals surface area contributed by atoms with Crippen LogP contribution in [0.15, 0.2) is 41.4 Å². The molecule has 1 aliphatic heterocycles. The van der Waals surface area contributed by atoms with E-state index in [9.17, 15) is 0 Å². The smallest absolute Gasteiger partial charge is 0.166 e. The molecule has 33 heavy (non-hydrogen) atoms. The lowest BCUT2D eigenvalue weighted by Gasteiger charge is -2.24. The summed E-state index contributed by atoms with van der Waals surface area (Å²) in [7, 11) is 1.65. The lowest BCUT2D eigenvalue weighted by molar-refractivity contribution is -0.0298. The number of nitrogens with one attached hydrogen (secondary N) is 1. The first-order chi connectivity index (χ1) is 16.2. The van der Waals surface area contributed by atoms with Crippen molar-refractivity contribution in [2.24, 2.45) is 5.73 Å². The number of ether oxygens (including phenoxy) is 2. The molecule has 1 saturated heterocycles. The predicted molar refractivity (Wildman–Crippen MR) is 128 cm³/mol. The minimum Gasteiger partial charge on any atom is -0.496 e. The zero-order valence-corrected chi connectivity index (χ0v) is 20.0. The first-order valence-corrected chi connectivity index (χ1v) is 11.9. The standard InChI is InChI=1S/C23H26BrN7O2/c1-32-17-6-5-14(12-16(17)24)19-20-23(31(13-28-20)18-4-2-3-11-33-18)30-22(29-19)15(7-8-25)21-26-9-10-27-21/h5-6,9-10,12-13,15,18H,2-4,7-8,11,25H2,1H3,(H,26,27). The van der Waals surface area contributed by atoms with E-state index in [-0.39, 0.29) is 12.1 Å². The average Bonchev–Trinajstić information content (AvgIpc) is 3.53. The van der Waals surface area contributed by atoms with Gasteiger partial charge in [-0.2, -0.15) is 0 Å². The third-order valence-corrected chi connectivity index (χ3v) is 6.57. The van der Waals surface area contributed by atoms with Gasteiger partial charge in [0, 0.05) is 24.6 Å². The van der Waals surface area contributed by atoms with Crippen LogP contribution in [-0.2, 0) is 4.74 Å². The molecule has 0 saturated carbocycles. The van der Waals surface area contributed by atoms with E-state index in [1.54, 1.807) is 19.5 Å². The molecule has 0 spiro atoms. The number of H-pyrrole nitrogens is 1. The van der Waals surface area contributed by atoms with Crippen molar-refractivity contribution in [3.8, 4) is 17.0 Å². The van der Waals surface area contributed by atoms with E-state index in [1.165, 1.54) is 0 Å². The Balaban J connectivity index is 1.71. The van der Waals surface area contributed by atoms with E-state index in [0.29, 0.717) is 18.8 Å². The molecule has 5 rings (SSSR count). The summed E-state index contributed by atoms with van der Waals surface area (Å²) in [6.45, 7) is 1.23. The number of aromatic nitrogens is 6. The van der Waals surface area contributed by atoms with Crippen LogP contribution in [0.3, 0.4) is 0 Å². The number of halogens is 1. The summed E-state index contributed by atoms with van der Waals surface area (Å²) in [6.07, 6.45) is 9.05. The molecule has 2 unspecified atom stereocenters. The Bertz CT molecular complexity index is 1240. The van der Waals surface area contributed by atoms with E-state index < -0.39 is 0 Å². The number of rotatable bonds is 7. The molecular weight excluding hydrogens is 486 g/mol. The van der Waals surface area contributed by atoms with Crippen LogP contribution in [0.5, 0.6) is 5.75 Å². The average molecular weight is 512 g/mol. The Morgan fingerprint density at radius 1 is 1.30 bits per heavy atom. The maximum absolute atomic E-state index is 6.05. The topological polar surface area (TPSA) is 117 Å². The van der Waals surface area contributed by atoms with Crippen molar-refractivity contribution in [3.63, 3.8) is 0 Å². The monoisotopic (exact) mass is 511 g/mol. The normalized spacial score (nSPS) is 17.4. The molecule has 0 radical (unpaired) electrons. The van der Waals surface area contributed by atoms with Gasteiger partial charge in [0.1, 0.15) is 34.8 Å². The summed E-state index contributed by atoms with van der Waals surface area (Å²) in [6, 6.07) is 5.89. The van der Waals surface area contributed by atoms with Crippen LogP contribution in [0.1, 0.15) is 49.5 Å². The number of hydrogen-bond acceptors (Lipinski definition) is 7. The van der Waals surface area contributed by atoms with Gasteiger partial charge in [0.25, 0.3) is 0 Å². The lowest BCUT2D eigenvalue weighted by atomic mass is 10.0. The SMILES string of the molecule is COc1ccc(-c2nc(C(CCN)c3ncc[nH]3)nc3c2ncn3C2CCCCO2)cc1Br. The predicted octanol–water partition coefficient (Wildman–Crippen LogP) is 4.17. The molecule has 9 nitrogen and oxygen atoms in total. The number of methoxy groups -OCH3 is 1. The number of imidazole rings is 2. The van der Waals surface area contributed by atoms with E-state index in [4.69, 9.17) is 30.2 Å². The minimum absolute atomic E-state index is 0.0847. The number of nitrogens with two attached hydrogens (primary N) is 1. The van der Waals surface area contributed by atoms with Crippen molar-refractivity contribution < 1.29 is 9.47 Å². The maximum Gasteiger partial charge on any atom is 0.166 e. The van der Waals surface area contributed by atoms with Crippen molar-refractivity contribution in [1.29, 1.82) is 0 Å². The van der Waals surface area contributed by atoms with E-state index in [0.717, 1.165) is 64.3 Å². The fourth-order valence-electron chi connectivity index (χ4n) is 4.28. The quantitative estimate of drug-likeness (QED) is 0.382. The highest BCUT2D eigenvalue weighted by atomic mass is 79.9. The van der Waals surface area contributed by atoms with Gasteiger partial charge >= 0.3 is 0 Å². The Morgan fingerprint density at radius 3 is 2.91 bits per heavy atom. The van der Waals surface area contributed by atoms with Gasteiger partial charge in [-0.15, -0.1) is 0 Å². The molecule has 10 heteroatoms. The second-order valence-corrected chi connectivity index (χ2v) is 8.88. The Kier molecular flexibility index (Phi) is 6.39. The fraction of sp³-hybridized carbons (Fsp3) is 0.391. The zero-order chi connectivity index (χ0) is 22.8. The Hall–Kier alpha value is -2.82. The molecule has 4 heterocycles. The summed E-state index contributed by atoms with van der Waals surface area (Å²) in [5.41, 5.74) is 9.11. The summed E-state index contributed by atoms with van der Waals surface area (Å²) in [5, 5.41) is 0. The van der Waals surface area contributed by atoms with Gasteiger partial charge < -0.3 is 20.2 Å². The molecule has 0 aliphatic carbocycles. The first kappa shape index (κ1) is 22.0. The number of nitrogens with zero attached hydrogens (tertiary/aromatic N) is 5. The van der Waals surface area contributed by atoms with Gasteiger partial charge in [0.2, 0.25) is 0 Å².